The Kier molecular flexibility index (Phi) is 6.35. The van der Waals surface area contributed by atoms with E-state index in [2.05, 4.69) is 9.97 Å². The maximum Gasteiger partial charge on any atom is 0.330 e. The van der Waals surface area contributed by atoms with E-state index >= 15 is 0 Å². The van der Waals surface area contributed by atoms with E-state index in [4.69, 9.17) is 5.73 Å². The number of nitrogens with two attached hydrogens (primary N) is 1. The molecule has 0 unspecified atom stereocenters. The lowest BCUT2D eigenvalue weighted by molar-refractivity contribution is 0.0980. The molecule has 0 saturated heterocycles. The number of hydrogen-bond acceptors (Lipinski definition) is 5. The zero-order valence-corrected chi connectivity index (χ0v) is 18.3. The molecule has 168 valence electrons. The van der Waals surface area contributed by atoms with E-state index in [9.17, 15) is 14.4 Å². The summed E-state index contributed by atoms with van der Waals surface area (Å²) >= 11 is 0. The number of aromatic nitrogens is 3. The number of nitrogens with zero attached hydrogens (tertiary/aromatic N) is 3. The summed E-state index contributed by atoms with van der Waals surface area (Å²) in [6, 6.07) is 20.2. The topological polar surface area (TPSA) is 114 Å². The Labute approximate surface area is 190 Å². The van der Waals surface area contributed by atoms with E-state index in [1.165, 1.54) is 9.47 Å². The molecular formula is C25H25N5O3. The van der Waals surface area contributed by atoms with Crippen molar-refractivity contribution in [2.45, 2.75) is 32.9 Å². The fraction of sp³-hybridized carbons (Fsp3) is 0.200. The van der Waals surface area contributed by atoms with Crippen LogP contribution in [-0.2, 0) is 13.1 Å². The van der Waals surface area contributed by atoms with Crippen molar-refractivity contribution in [3.63, 3.8) is 0 Å². The van der Waals surface area contributed by atoms with E-state index < -0.39 is 17.2 Å². The van der Waals surface area contributed by atoms with Gasteiger partial charge < -0.3 is 5.73 Å². The van der Waals surface area contributed by atoms with Crippen LogP contribution in [0.25, 0.3) is 10.9 Å². The minimum Gasteiger partial charge on any atom is -0.383 e. The highest BCUT2D eigenvalue weighted by Crippen LogP contribution is 2.23. The number of carbonyl (C=O) groups excluding carboxylic acids is 1. The van der Waals surface area contributed by atoms with Crippen molar-refractivity contribution in [2.24, 2.45) is 0 Å². The smallest absolute Gasteiger partial charge is 0.330 e. The van der Waals surface area contributed by atoms with Gasteiger partial charge in [-0.2, -0.15) is 0 Å². The summed E-state index contributed by atoms with van der Waals surface area (Å²) in [6.45, 7) is 2.42. The molecule has 0 aliphatic carbocycles. The van der Waals surface area contributed by atoms with Gasteiger partial charge in [-0.25, -0.2) is 9.78 Å². The van der Waals surface area contributed by atoms with E-state index in [0.29, 0.717) is 18.5 Å². The van der Waals surface area contributed by atoms with Gasteiger partial charge >= 0.3 is 5.69 Å². The third-order valence-electron chi connectivity index (χ3n) is 5.47. The molecule has 0 aliphatic heterocycles. The monoisotopic (exact) mass is 443 g/mol. The van der Waals surface area contributed by atoms with Crippen LogP contribution in [0.3, 0.4) is 0 Å². The molecule has 0 bridgehead atoms. The number of H-pyrrole nitrogens is 1. The second kappa shape index (κ2) is 9.52. The molecule has 2 aromatic heterocycles. The molecule has 8 nitrogen and oxygen atoms in total. The number of aromatic amines is 1. The molecule has 0 aliphatic rings. The van der Waals surface area contributed by atoms with Gasteiger partial charge in [-0.05, 0) is 24.1 Å². The van der Waals surface area contributed by atoms with Crippen molar-refractivity contribution in [3.8, 4) is 0 Å². The lowest BCUT2D eigenvalue weighted by atomic mass is 10.1. The molecule has 0 spiro atoms. The molecule has 2 heterocycles. The minimum atomic E-state index is -0.713. The van der Waals surface area contributed by atoms with Crippen molar-refractivity contribution < 1.29 is 4.79 Å². The molecule has 33 heavy (non-hydrogen) atoms. The van der Waals surface area contributed by atoms with Gasteiger partial charge in [0.05, 0.1) is 12.1 Å². The largest absolute Gasteiger partial charge is 0.383 e. The first-order chi connectivity index (χ1) is 16.0. The first-order valence-corrected chi connectivity index (χ1v) is 10.8. The molecule has 0 atom stereocenters. The Morgan fingerprint density at radius 3 is 2.52 bits per heavy atom. The Morgan fingerprint density at radius 1 is 1.03 bits per heavy atom. The number of anilines is 2. The molecular weight excluding hydrogens is 418 g/mol. The quantitative estimate of drug-likeness (QED) is 0.455. The third kappa shape index (κ3) is 4.55. The predicted molar refractivity (Wildman–Crippen MR) is 129 cm³/mol. The summed E-state index contributed by atoms with van der Waals surface area (Å²) in [5.74, 6) is -0.523. The van der Waals surface area contributed by atoms with Gasteiger partial charge in [0.25, 0.3) is 11.5 Å². The molecule has 0 radical (unpaired) electrons. The number of unbranched alkanes of at least 4 members (excludes halogenated alkanes) is 1. The number of nitrogen functional groups attached to an aromatic ring is 1. The number of pyridine rings is 1. The van der Waals surface area contributed by atoms with Gasteiger partial charge in [0.2, 0.25) is 0 Å². The SMILES string of the molecule is CCCCn1c(N)c(N(Cc2ccccc2)C(=O)c2ccc3ccccc3n2)c(=O)[nH]c1=O. The summed E-state index contributed by atoms with van der Waals surface area (Å²) < 4.78 is 1.30. The second-order valence-corrected chi connectivity index (χ2v) is 7.76. The first-order valence-electron chi connectivity index (χ1n) is 10.8. The molecule has 2 aromatic carbocycles. The van der Waals surface area contributed by atoms with E-state index in [0.717, 1.165) is 17.4 Å². The highest BCUT2D eigenvalue weighted by Gasteiger charge is 2.26. The highest BCUT2D eigenvalue weighted by atomic mass is 16.2. The fourth-order valence-corrected chi connectivity index (χ4v) is 3.72. The fourth-order valence-electron chi connectivity index (χ4n) is 3.72. The van der Waals surface area contributed by atoms with E-state index in [-0.39, 0.29) is 23.7 Å². The maximum atomic E-state index is 13.7. The number of nitrogens with one attached hydrogen (secondary N) is 1. The van der Waals surface area contributed by atoms with Crippen LogP contribution in [0.4, 0.5) is 11.5 Å². The van der Waals surface area contributed by atoms with Crippen molar-refractivity contribution in [3.05, 3.63) is 98.8 Å². The zero-order valence-electron chi connectivity index (χ0n) is 18.3. The Morgan fingerprint density at radius 2 is 1.76 bits per heavy atom. The summed E-state index contributed by atoms with van der Waals surface area (Å²) in [6.07, 6.45) is 1.54. The van der Waals surface area contributed by atoms with Crippen LogP contribution in [0, 0.1) is 0 Å². The number of amides is 1. The van der Waals surface area contributed by atoms with Crippen molar-refractivity contribution in [1.82, 2.24) is 14.5 Å². The minimum absolute atomic E-state index is 0.0396. The average molecular weight is 444 g/mol. The normalized spacial score (nSPS) is 10.9. The first kappa shape index (κ1) is 22.0. The van der Waals surface area contributed by atoms with Gasteiger partial charge in [0.1, 0.15) is 11.5 Å². The molecule has 0 saturated carbocycles. The lowest BCUT2D eigenvalue weighted by Gasteiger charge is -2.24. The van der Waals surface area contributed by atoms with Crippen molar-refractivity contribution >= 4 is 28.3 Å². The van der Waals surface area contributed by atoms with Crippen LogP contribution in [0.2, 0.25) is 0 Å². The summed E-state index contributed by atoms with van der Waals surface area (Å²) in [5.41, 5.74) is 6.59. The summed E-state index contributed by atoms with van der Waals surface area (Å²) in [5, 5.41) is 0.897. The van der Waals surface area contributed by atoms with Crippen LogP contribution in [0.1, 0.15) is 35.8 Å². The molecule has 4 aromatic rings. The summed E-state index contributed by atoms with van der Waals surface area (Å²) in [7, 11) is 0. The zero-order chi connectivity index (χ0) is 23.4. The molecule has 8 heteroatoms. The molecule has 4 rings (SSSR count). The Hall–Kier alpha value is -4.20. The molecule has 1 amide bonds. The Balaban J connectivity index is 1.85. The van der Waals surface area contributed by atoms with Crippen molar-refractivity contribution in [2.75, 3.05) is 10.6 Å². The predicted octanol–water partition coefficient (Wildman–Crippen LogP) is 3.31. The van der Waals surface area contributed by atoms with E-state index in [1.54, 1.807) is 6.07 Å². The molecule has 3 N–H and O–H groups in total. The van der Waals surface area contributed by atoms with Gasteiger partial charge in [-0.3, -0.25) is 24.0 Å². The van der Waals surface area contributed by atoms with Crippen molar-refractivity contribution in [1.29, 1.82) is 0 Å². The number of rotatable bonds is 7. The van der Waals surface area contributed by atoms with Crippen LogP contribution in [0.5, 0.6) is 0 Å². The van der Waals surface area contributed by atoms with E-state index in [1.807, 2.05) is 67.6 Å². The number of carbonyl (C=O) groups is 1. The van der Waals surface area contributed by atoms with Crippen LogP contribution in [-0.4, -0.2) is 20.4 Å². The maximum absolute atomic E-state index is 13.7. The van der Waals surface area contributed by atoms with Crippen LogP contribution in [0.15, 0.2) is 76.3 Å². The van der Waals surface area contributed by atoms with Gasteiger partial charge in [0.15, 0.2) is 5.69 Å². The van der Waals surface area contributed by atoms with Crippen LogP contribution >= 0.6 is 0 Å². The number of benzene rings is 2. The van der Waals surface area contributed by atoms with Gasteiger partial charge in [-0.1, -0.05) is 67.9 Å². The number of para-hydroxylation sites is 1. The molecule has 0 fully saturated rings. The number of fused-ring (bicyclic) bond motifs is 1. The average Bonchev–Trinajstić information content (AvgIpc) is 2.83. The third-order valence-corrected chi connectivity index (χ3v) is 5.47. The second-order valence-electron chi connectivity index (χ2n) is 7.76. The summed E-state index contributed by atoms with van der Waals surface area (Å²) in [4.78, 5) is 47.1. The van der Waals surface area contributed by atoms with Gasteiger partial charge in [-0.15, -0.1) is 0 Å². The lowest BCUT2D eigenvalue weighted by Crippen LogP contribution is -2.41. The van der Waals surface area contributed by atoms with Gasteiger partial charge in [0, 0.05) is 11.9 Å². The highest BCUT2D eigenvalue weighted by molar-refractivity contribution is 6.06. The standard InChI is InChI=1S/C25H25N5O3/c1-2-3-15-29-22(26)21(23(31)28-25(29)33)30(16-17-9-5-4-6-10-17)24(32)20-14-13-18-11-7-8-12-19(18)27-20/h4-14H,2-3,15-16,26H2,1H3,(H,28,31,33). The van der Waals surface area contributed by atoms with Crippen LogP contribution < -0.4 is 21.9 Å². The number of hydrogen-bond donors (Lipinski definition) is 2. The Bertz CT molecular complexity index is 1410.